The smallest absolute Gasteiger partial charge is 0.173 e. The van der Waals surface area contributed by atoms with Crippen LogP contribution in [0.25, 0.3) is 11.0 Å². The minimum atomic E-state index is -0.461. The molecule has 0 saturated carbocycles. The van der Waals surface area contributed by atoms with Crippen LogP contribution in [-0.2, 0) is 0 Å². The number of hydrogen-bond acceptors (Lipinski definition) is 2. The molecule has 0 spiro atoms. The minimum Gasteiger partial charge on any atom is -0.459 e. The van der Waals surface area contributed by atoms with Crippen LogP contribution in [0, 0.1) is 5.82 Å². The molecule has 2 aromatic carbocycles. The van der Waals surface area contributed by atoms with Crippen LogP contribution in [0.4, 0.5) is 10.1 Å². The van der Waals surface area contributed by atoms with Crippen LogP contribution in [-0.4, -0.2) is 17.1 Å². The van der Waals surface area contributed by atoms with Crippen molar-refractivity contribution in [3.8, 4) is 0 Å². The predicted molar refractivity (Wildman–Crippen MR) is 100 cm³/mol. The van der Waals surface area contributed by atoms with Gasteiger partial charge in [0.2, 0.25) is 0 Å². The number of hydrogen-bond donors (Lipinski definition) is 1. The summed E-state index contributed by atoms with van der Waals surface area (Å²) in [6.07, 6.45) is 0. The van der Waals surface area contributed by atoms with Gasteiger partial charge in [-0.3, -0.25) is 0 Å². The van der Waals surface area contributed by atoms with Crippen LogP contribution in [0.15, 0.2) is 52.9 Å². The summed E-state index contributed by atoms with van der Waals surface area (Å²) in [5, 5.41) is 4.65. The Kier molecular flexibility index (Phi) is 4.73. The first-order chi connectivity index (χ1) is 11.5. The Morgan fingerprint density at radius 1 is 1.25 bits per heavy atom. The van der Waals surface area contributed by atoms with E-state index in [-0.39, 0.29) is 11.1 Å². The Labute approximate surface area is 150 Å². The lowest BCUT2D eigenvalue weighted by atomic mass is 10.2. The highest BCUT2D eigenvalue weighted by Crippen LogP contribution is 2.27. The van der Waals surface area contributed by atoms with Gasteiger partial charge in [0.25, 0.3) is 0 Å². The fourth-order valence-electron chi connectivity index (χ4n) is 2.36. The quantitative estimate of drug-likeness (QED) is 0.612. The molecule has 0 radical (unpaired) electrons. The first-order valence-electron chi connectivity index (χ1n) is 7.43. The van der Waals surface area contributed by atoms with E-state index in [4.69, 9.17) is 28.2 Å². The standard InChI is InChI=1S/C18H16ClFN2OS/c1-11(17-9-12-5-3-4-6-16(12)23-17)22(2)18(24)21-13-7-8-15(20)14(19)10-13/h3-11H,1-2H3,(H,21,24)/t11-/m1/s1. The average molecular weight is 363 g/mol. The highest BCUT2D eigenvalue weighted by Gasteiger charge is 2.18. The van der Waals surface area contributed by atoms with E-state index in [0.717, 1.165) is 16.7 Å². The minimum absolute atomic E-state index is 0.0517. The second-order valence-corrected chi connectivity index (χ2v) is 6.33. The highest BCUT2D eigenvalue weighted by atomic mass is 35.5. The fraction of sp³-hybridized carbons (Fsp3) is 0.167. The molecule has 0 fully saturated rings. The molecule has 3 rings (SSSR count). The number of halogens is 2. The van der Waals surface area contributed by atoms with Crippen LogP contribution < -0.4 is 5.32 Å². The normalized spacial score (nSPS) is 12.2. The molecule has 6 heteroatoms. The summed E-state index contributed by atoms with van der Waals surface area (Å²) in [7, 11) is 1.87. The predicted octanol–water partition coefficient (Wildman–Crippen LogP) is 5.62. The van der Waals surface area contributed by atoms with Crippen molar-refractivity contribution < 1.29 is 8.81 Å². The zero-order valence-electron chi connectivity index (χ0n) is 13.2. The first kappa shape index (κ1) is 16.7. The first-order valence-corrected chi connectivity index (χ1v) is 8.21. The van der Waals surface area contributed by atoms with Crippen molar-refractivity contribution in [3.63, 3.8) is 0 Å². The molecule has 3 nitrogen and oxygen atoms in total. The largest absolute Gasteiger partial charge is 0.459 e. The molecule has 0 bridgehead atoms. The molecule has 24 heavy (non-hydrogen) atoms. The molecule has 1 atom stereocenters. The Balaban J connectivity index is 1.75. The van der Waals surface area contributed by atoms with Gasteiger partial charge in [0.05, 0.1) is 11.1 Å². The van der Waals surface area contributed by atoms with E-state index in [9.17, 15) is 4.39 Å². The molecule has 0 unspecified atom stereocenters. The number of furan rings is 1. The number of para-hydroxylation sites is 1. The molecule has 0 aliphatic heterocycles. The van der Waals surface area contributed by atoms with Gasteiger partial charge in [-0.2, -0.15) is 0 Å². The zero-order valence-corrected chi connectivity index (χ0v) is 14.8. The zero-order chi connectivity index (χ0) is 17.3. The third-order valence-electron chi connectivity index (χ3n) is 3.93. The summed E-state index contributed by atoms with van der Waals surface area (Å²) in [4.78, 5) is 1.88. The Morgan fingerprint density at radius 2 is 2.00 bits per heavy atom. The number of benzene rings is 2. The van der Waals surface area contributed by atoms with Crippen LogP contribution in [0.5, 0.6) is 0 Å². The monoisotopic (exact) mass is 362 g/mol. The topological polar surface area (TPSA) is 28.4 Å². The maximum atomic E-state index is 13.2. The second kappa shape index (κ2) is 6.79. The third kappa shape index (κ3) is 3.37. The molecular formula is C18H16ClFN2OS. The molecule has 0 amide bonds. The van der Waals surface area contributed by atoms with Gasteiger partial charge >= 0.3 is 0 Å². The van der Waals surface area contributed by atoms with Gasteiger partial charge in [-0.25, -0.2) is 4.39 Å². The van der Waals surface area contributed by atoms with Crippen molar-refractivity contribution in [1.82, 2.24) is 4.90 Å². The van der Waals surface area contributed by atoms with Crippen molar-refractivity contribution in [1.29, 1.82) is 0 Å². The van der Waals surface area contributed by atoms with Gasteiger partial charge in [0.1, 0.15) is 17.2 Å². The molecule has 124 valence electrons. The number of fused-ring (bicyclic) bond motifs is 1. The Morgan fingerprint density at radius 3 is 2.71 bits per heavy atom. The van der Waals surface area contributed by atoms with Crippen LogP contribution in [0.1, 0.15) is 18.7 Å². The van der Waals surface area contributed by atoms with E-state index < -0.39 is 5.82 Å². The van der Waals surface area contributed by atoms with Crippen LogP contribution >= 0.6 is 23.8 Å². The van der Waals surface area contributed by atoms with Gasteiger partial charge in [-0.1, -0.05) is 29.8 Å². The number of nitrogens with zero attached hydrogens (tertiary/aromatic N) is 1. The van der Waals surface area contributed by atoms with Crippen LogP contribution in [0.3, 0.4) is 0 Å². The summed E-state index contributed by atoms with van der Waals surface area (Å²) in [5.74, 6) is 0.358. The number of rotatable bonds is 3. The fourth-order valence-corrected chi connectivity index (χ4v) is 2.82. The van der Waals surface area contributed by atoms with Crippen LogP contribution in [0.2, 0.25) is 5.02 Å². The summed E-state index contributed by atoms with van der Waals surface area (Å²) in [6.45, 7) is 2.00. The van der Waals surface area contributed by atoms with E-state index in [1.54, 1.807) is 6.07 Å². The molecule has 0 aliphatic rings. The average Bonchev–Trinajstić information content (AvgIpc) is 3.01. The molecule has 1 N–H and O–H groups in total. The molecule has 1 heterocycles. The van der Waals surface area contributed by atoms with Gasteiger partial charge in [-0.15, -0.1) is 0 Å². The molecule has 1 aromatic heterocycles. The Hall–Kier alpha value is -2.11. The summed E-state index contributed by atoms with van der Waals surface area (Å²) < 4.78 is 19.1. The van der Waals surface area contributed by atoms with Gasteiger partial charge < -0.3 is 14.6 Å². The summed E-state index contributed by atoms with van der Waals surface area (Å²) >= 11 is 11.2. The number of anilines is 1. The second-order valence-electron chi connectivity index (χ2n) is 5.53. The summed E-state index contributed by atoms with van der Waals surface area (Å²) in [5.41, 5.74) is 1.48. The van der Waals surface area contributed by atoms with Crippen molar-refractivity contribution in [2.75, 3.05) is 12.4 Å². The number of nitrogens with one attached hydrogen (secondary N) is 1. The number of thiocarbonyl (C=S) groups is 1. The van der Waals surface area contributed by atoms with E-state index >= 15 is 0 Å². The summed E-state index contributed by atoms with van der Waals surface area (Å²) in [6, 6.07) is 14.2. The van der Waals surface area contributed by atoms with Gasteiger partial charge in [0.15, 0.2) is 5.11 Å². The lowest BCUT2D eigenvalue weighted by molar-refractivity contribution is 0.348. The lowest BCUT2D eigenvalue weighted by Crippen LogP contribution is -2.33. The van der Waals surface area contributed by atoms with Gasteiger partial charge in [0, 0.05) is 18.1 Å². The third-order valence-corrected chi connectivity index (χ3v) is 4.61. The SMILES string of the molecule is C[C@H](c1cc2ccccc2o1)N(C)C(=S)Nc1ccc(F)c(Cl)c1. The van der Waals surface area contributed by atoms with E-state index in [1.807, 2.05) is 49.2 Å². The van der Waals surface area contributed by atoms with Crippen molar-refractivity contribution in [2.24, 2.45) is 0 Å². The van der Waals surface area contributed by atoms with Gasteiger partial charge in [-0.05, 0) is 49.5 Å². The molecule has 0 aliphatic carbocycles. The molecule has 3 aromatic rings. The highest BCUT2D eigenvalue weighted by molar-refractivity contribution is 7.80. The lowest BCUT2D eigenvalue weighted by Gasteiger charge is -2.26. The molecule has 0 saturated heterocycles. The molecular weight excluding hydrogens is 347 g/mol. The van der Waals surface area contributed by atoms with E-state index in [2.05, 4.69) is 5.32 Å². The Bertz CT molecular complexity index is 863. The van der Waals surface area contributed by atoms with Crippen molar-refractivity contribution in [2.45, 2.75) is 13.0 Å². The van der Waals surface area contributed by atoms with E-state index in [0.29, 0.717) is 10.8 Å². The van der Waals surface area contributed by atoms with Crippen molar-refractivity contribution in [3.05, 3.63) is 65.1 Å². The maximum Gasteiger partial charge on any atom is 0.173 e. The van der Waals surface area contributed by atoms with Crippen molar-refractivity contribution >= 4 is 45.6 Å². The maximum absolute atomic E-state index is 13.2. The van der Waals surface area contributed by atoms with E-state index in [1.165, 1.54) is 12.1 Å².